The summed E-state index contributed by atoms with van der Waals surface area (Å²) in [6.07, 6.45) is 1.76. The first-order valence-corrected chi connectivity index (χ1v) is 5.49. The first kappa shape index (κ1) is 13.8. The maximum atomic E-state index is 9.64. The second-order valence-electron chi connectivity index (χ2n) is 4.25. The molecule has 0 rings (SSSR count). The van der Waals surface area contributed by atoms with Crippen molar-refractivity contribution in [1.29, 1.82) is 0 Å². The zero-order valence-corrected chi connectivity index (χ0v) is 10.2. The summed E-state index contributed by atoms with van der Waals surface area (Å²) in [5, 5.41) is 9.64. The van der Waals surface area contributed by atoms with E-state index in [1.54, 1.807) is 0 Å². The largest absolute Gasteiger partial charge is 0.393 e. The van der Waals surface area contributed by atoms with Crippen molar-refractivity contribution in [3.63, 3.8) is 0 Å². The van der Waals surface area contributed by atoms with Crippen molar-refractivity contribution in [2.24, 2.45) is 5.73 Å². The van der Waals surface area contributed by atoms with Crippen molar-refractivity contribution in [1.82, 2.24) is 4.90 Å². The van der Waals surface area contributed by atoms with Crippen molar-refractivity contribution in [2.45, 2.75) is 39.2 Å². The number of aliphatic hydroxyl groups is 1. The van der Waals surface area contributed by atoms with E-state index in [0.29, 0.717) is 11.5 Å². The minimum Gasteiger partial charge on any atom is -0.393 e. The van der Waals surface area contributed by atoms with Gasteiger partial charge in [0.05, 0.1) is 10.6 Å². The van der Waals surface area contributed by atoms with Crippen LogP contribution in [0.2, 0.25) is 0 Å². The Hall–Kier alpha value is -0.190. The highest BCUT2D eigenvalue weighted by Crippen LogP contribution is 2.05. The molecule has 0 aromatic carbocycles. The quantitative estimate of drug-likeness (QED) is 0.629. The van der Waals surface area contributed by atoms with E-state index in [1.165, 1.54) is 0 Å². The molecular weight excluding hydrogens is 196 g/mol. The fourth-order valence-corrected chi connectivity index (χ4v) is 1.52. The van der Waals surface area contributed by atoms with E-state index in [9.17, 15) is 5.11 Å². The lowest BCUT2D eigenvalue weighted by molar-refractivity contribution is 0.0377. The van der Waals surface area contributed by atoms with Crippen LogP contribution in [0.1, 0.15) is 33.6 Å². The number of hydrogen-bond donors (Lipinski definition) is 2. The SMILES string of the molecule is CCN(CCCC(N)=S)CC(C)(C)O. The number of nitrogens with two attached hydrogens (primary N) is 1. The summed E-state index contributed by atoms with van der Waals surface area (Å²) in [5.74, 6) is 0. The molecule has 84 valence electrons. The van der Waals surface area contributed by atoms with Gasteiger partial charge in [-0.2, -0.15) is 0 Å². The molecule has 0 saturated carbocycles. The van der Waals surface area contributed by atoms with E-state index in [0.717, 1.165) is 25.9 Å². The lowest BCUT2D eigenvalue weighted by Gasteiger charge is -2.27. The van der Waals surface area contributed by atoms with E-state index in [-0.39, 0.29) is 0 Å². The van der Waals surface area contributed by atoms with Gasteiger partial charge in [0.1, 0.15) is 0 Å². The lowest BCUT2D eigenvalue weighted by atomic mass is 10.1. The summed E-state index contributed by atoms with van der Waals surface area (Å²) in [6.45, 7) is 8.32. The summed E-state index contributed by atoms with van der Waals surface area (Å²) in [7, 11) is 0. The van der Waals surface area contributed by atoms with Crippen LogP contribution in [0.5, 0.6) is 0 Å². The molecule has 0 unspecified atom stereocenters. The highest BCUT2D eigenvalue weighted by molar-refractivity contribution is 7.80. The molecular formula is C10H22N2OS. The molecule has 3 N–H and O–H groups in total. The van der Waals surface area contributed by atoms with E-state index in [2.05, 4.69) is 11.8 Å². The molecule has 4 heteroatoms. The fourth-order valence-electron chi connectivity index (χ4n) is 1.37. The molecule has 0 fully saturated rings. The van der Waals surface area contributed by atoms with Crippen molar-refractivity contribution in [3.05, 3.63) is 0 Å². The predicted molar refractivity (Wildman–Crippen MR) is 64.4 cm³/mol. The van der Waals surface area contributed by atoms with E-state index in [1.807, 2.05) is 13.8 Å². The van der Waals surface area contributed by atoms with Gasteiger partial charge >= 0.3 is 0 Å². The van der Waals surface area contributed by atoms with Crippen molar-refractivity contribution in [3.8, 4) is 0 Å². The first-order valence-electron chi connectivity index (χ1n) is 5.08. The average molecular weight is 218 g/mol. The molecule has 0 aliphatic rings. The summed E-state index contributed by atoms with van der Waals surface area (Å²) >= 11 is 4.80. The first-order chi connectivity index (χ1) is 6.35. The summed E-state index contributed by atoms with van der Waals surface area (Å²) in [6, 6.07) is 0. The second-order valence-corrected chi connectivity index (χ2v) is 4.78. The molecule has 0 bridgehead atoms. The number of thiocarbonyl (C=S) groups is 1. The number of likely N-dealkylation sites (N-methyl/N-ethyl adjacent to an activating group) is 1. The molecule has 0 heterocycles. The standard InChI is InChI=1S/C10H22N2OS/c1-4-12(8-10(2,3)13)7-5-6-9(11)14/h13H,4-8H2,1-3H3,(H2,11,14). The van der Waals surface area contributed by atoms with Gasteiger partial charge in [0.2, 0.25) is 0 Å². The fraction of sp³-hybridized carbons (Fsp3) is 0.900. The lowest BCUT2D eigenvalue weighted by Crippen LogP contribution is -2.39. The Morgan fingerprint density at radius 3 is 2.43 bits per heavy atom. The van der Waals surface area contributed by atoms with Gasteiger partial charge in [-0.25, -0.2) is 0 Å². The average Bonchev–Trinajstić information content (AvgIpc) is 1.99. The van der Waals surface area contributed by atoms with E-state index in [4.69, 9.17) is 18.0 Å². The molecule has 0 aliphatic carbocycles. The van der Waals surface area contributed by atoms with E-state index >= 15 is 0 Å². The Labute approximate surface area is 92.3 Å². The van der Waals surface area contributed by atoms with Crippen LogP contribution >= 0.6 is 12.2 Å². The molecule has 0 aromatic rings. The van der Waals surface area contributed by atoms with E-state index < -0.39 is 5.60 Å². The number of hydrogen-bond acceptors (Lipinski definition) is 3. The second kappa shape index (κ2) is 6.32. The molecule has 3 nitrogen and oxygen atoms in total. The highest BCUT2D eigenvalue weighted by Gasteiger charge is 2.16. The molecule has 0 spiro atoms. The van der Waals surface area contributed by atoms with Crippen molar-refractivity contribution in [2.75, 3.05) is 19.6 Å². The van der Waals surface area contributed by atoms with Crippen LogP contribution < -0.4 is 5.73 Å². The van der Waals surface area contributed by atoms with Gasteiger partial charge in [0.15, 0.2) is 0 Å². The van der Waals surface area contributed by atoms with Crippen LogP contribution in [-0.2, 0) is 0 Å². The van der Waals surface area contributed by atoms with Gasteiger partial charge in [0.25, 0.3) is 0 Å². The summed E-state index contributed by atoms with van der Waals surface area (Å²) in [5.41, 5.74) is 4.79. The summed E-state index contributed by atoms with van der Waals surface area (Å²) < 4.78 is 0. The molecule has 14 heavy (non-hydrogen) atoms. The Balaban J connectivity index is 3.74. The maximum Gasteiger partial charge on any atom is 0.0727 e. The Bertz CT molecular complexity index is 177. The van der Waals surface area contributed by atoms with Crippen LogP contribution in [0.25, 0.3) is 0 Å². The Morgan fingerprint density at radius 1 is 1.50 bits per heavy atom. The third kappa shape index (κ3) is 8.41. The number of nitrogens with zero attached hydrogens (tertiary/aromatic N) is 1. The zero-order chi connectivity index (χ0) is 11.2. The van der Waals surface area contributed by atoms with Gasteiger partial charge < -0.3 is 15.7 Å². The summed E-state index contributed by atoms with van der Waals surface area (Å²) in [4.78, 5) is 2.78. The van der Waals surface area contributed by atoms with Crippen LogP contribution in [0.3, 0.4) is 0 Å². The minimum atomic E-state index is -0.626. The third-order valence-electron chi connectivity index (χ3n) is 1.96. The van der Waals surface area contributed by atoms with Gasteiger partial charge in [-0.3, -0.25) is 0 Å². The van der Waals surface area contributed by atoms with Crippen LogP contribution in [0, 0.1) is 0 Å². The van der Waals surface area contributed by atoms with Crippen LogP contribution in [0.4, 0.5) is 0 Å². The molecule has 0 aromatic heterocycles. The van der Waals surface area contributed by atoms with Crippen LogP contribution in [-0.4, -0.2) is 40.2 Å². The zero-order valence-electron chi connectivity index (χ0n) is 9.42. The predicted octanol–water partition coefficient (Wildman–Crippen LogP) is 1.15. The molecule has 0 saturated heterocycles. The van der Waals surface area contributed by atoms with Gasteiger partial charge in [0, 0.05) is 6.54 Å². The smallest absolute Gasteiger partial charge is 0.0727 e. The minimum absolute atomic E-state index is 0.573. The van der Waals surface area contributed by atoms with Gasteiger partial charge in [-0.1, -0.05) is 19.1 Å². The van der Waals surface area contributed by atoms with Crippen LogP contribution in [0.15, 0.2) is 0 Å². The highest BCUT2D eigenvalue weighted by atomic mass is 32.1. The molecule has 0 aliphatic heterocycles. The maximum absolute atomic E-state index is 9.64. The third-order valence-corrected chi connectivity index (χ3v) is 2.16. The molecule has 0 atom stereocenters. The number of rotatable bonds is 7. The molecule has 0 radical (unpaired) electrons. The topological polar surface area (TPSA) is 49.5 Å². The Kier molecular flexibility index (Phi) is 6.24. The van der Waals surface area contributed by atoms with Crippen molar-refractivity contribution < 1.29 is 5.11 Å². The molecule has 0 amide bonds. The van der Waals surface area contributed by atoms with Crippen molar-refractivity contribution >= 4 is 17.2 Å². The van der Waals surface area contributed by atoms with Gasteiger partial charge in [-0.15, -0.1) is 0 Å². The van der Waals surface area contributed by atoms with Gasteiger partial charge in [-0.05, 0) is 39.8 Å². The normalized spacial score (nSPS) is 12.1. The Morgan fingerprint density at radius 2 is 2.07 bits per heavy atom. The monoisotopic (exact) mass is 218 g/mol.